The van der Waals surface area contributed by atoms with Crippen LogP contribution in [0.15, 0.2) is 53.4 Å². The standard InChI is InChI=1S/C18H18N2O4S/c1-13(2)14-7-9-16(10-8-14)24-18(21)12-20-25(22,23)17-6-4-3-5-15(17)11-19/h3-10,13,20H,12H2,1-2H3. The van der Waals surface area contributed by atoms with Crippen LogP contribution in [0.25, 0.3) is 0 Å². The van der Waals surface area contributed by atoms with Gasteiger partial charge in [0, 0.05) is 0 Å². The molecule has 2 aromatic carbocycles. The minimum absolute atomic E-state index is 0.00708. The molecule has 130 valence electrons. The number of nitrogens with zero attached hydrogens (tertiary/aromatic N) is 1. The molecular weight excluding hydrogens is 340 g/mol. The summed E-state index contributed by atoms with van der Waals surface area (Å²) in [6, 6.07) is 14.6. The molecule has 2 aromatic rings. The van der Waals surface area contributed by atoms with E-state index in [1.165, 1.54) is 18.2 Å². The van der Waals surface area contributed by atoms with Crippen molar-refractivity contribution in [3.8, 4) is 11.8 Å². The van der Waals surface area contributed by atoms with Crippen LogP contribution in [0.1, 0.15) is 30.9 Å². The monoisotopic (exact) mass is 358 g/mol. The summed E-state index contributed by atoms with van der Waals surface area (Å²) in [7, 11) is -3.98. The van der Waals surface area contributed by atoms with E-state index in [1.807, 2.05) is 18.2 Å². The predicted octanol–water partition coefficient (Wildman–Crippen LogP) is 2.57. The van der Waals surface area contributed by atoms with E-state index in [4.69, 9.17) is 10.00 Å². The molecule has 0 spiro atoms. The zero-order valence-corrected chi connectivity index (χ0v) is 14.7. The second kappa shape index (κ2) is 7.92. The minimum Gasteiger partial charge on any atom is -0.426 e. The van der Waals surface area contributed by atoms with Crippen molar-refractivity contribution in [2.75, 3.05) is 6.54 Å². The fourth-order valence-electron chi connectivity index (χ4n) is 2.11. The Labute approximate surface area is 147 Å². The largest absolute Gasteiger partial charge is 0.426 e. The number of ether oxygens (including phenoxy) is 1. The quantitative estimate of drug-likeness (QED) is 0.632. The van der Waals surface area contributed by atoms with Crippen LogP contribution in [-0.4, -0.2) is 20.9 Å². The Hall–Kier alpha value is -2.69. The number of nitriles is 1. The Morgan fingerprint density at radius 1 is 1.16 bits per heavy atom. The third kappa shape index (κ3) is 4.89. The number of hydrogen-bond acceptors (Lipinski definition) is 5. The van der Waals surface area contributed by atoms with Crippen molar-refractivity contribution in [1.82, 2.24) is 4.72 Å². The summed E-state index contributed by atoms with van der Waals surface area (Å²) in [6.45, 7) is 3.57. The number of carbonyl (C=O) groups excluding carboxylic acids is 1. The molecule has 0 bridgehead atoms. The maximum Gasteiger partial charge on any atom is 0.326 e. The summed E-state index contributed by atoms with van der Waals surface area (Å²) in [5.74, 6) is -0.0434. The lowest BCUT2D eigenvalue weighted by molar-refractivity contribution is -0.133. The molecule has 25 heavy (non-hydrogen) atoms. The van der Waals surface area contributed by atoms with E-state index in [1.54, 1.807) is 18.2 Å². The number of esters is 1. The second-order valence-electron chi connectivity index (χ2n) is 5.63. The van der Waals surface area contributed by atoms with Crippen LogP contribution < -0.4 is 9.46 Å². The van der Waals surface area contributed by atoms with Crippen molar-refractivity contribution in [1.29, 1.82) is 5.26 Å². The zero-order chi connectivity index (χ0) is 18.4. The van der Waals surface area contributed by atoms with Gasteiger partial charge in [-0.25, -0.2) is 8.42 Å². The summed E-state index contributed by atoms with van der Waals surface area (Å²) in [6.07, 6.45) is 0. The van der Waals surface area contributed by atoms with Crippen LogP contribution in [0.2, 0.25) is 0 Å². The van der Waals surface area contributed by atoms with Crippen molar-refractivity contribution in [3.05, 3.63) is 59.7 Å². The van der Waals surface area contributed by atoms with E-state index in [0.717, 1.165) is 5.56 Å². The molecule has 0 saturated carbocycles. The molecular formula is C18H18N2O4S. The van der Waals surface area contributed by atoms with Crippen LogP contribution in [0, 0.1) is 11.3 Å². The summed E-state index contributed by atoms with van der Waals surface area (Å²) < 4.78 is 31.7. The van der Waals surface area contributed by atoms with Gasteiger partial charge in [-0.2, -0.15) is 9.98 Å². The molecule has 2 rings (SSSR count). The van der Waals surface area contributed by atoms with Crippen molar-refractivity contribution in [3.63, 3.8) is 0 Å². The smallest absolute Gasteiger partial charge is 0.326 e. The lowest BCUT2D eigenvalue weighted by Gasteiger charge is -2.09. The number of sulfonamides is 1. The molecule has 0 amide bonds. The van der Waals surface area contributed by atoms with Crippen molar-refractivity contribution >= 4 is 16.0 Å². The van der Waals surface area contributed by atoms with Crippen molar-refractivity contribution in [2.45, 2.75) is 24.7 Å². The third-order valence-electron chi connectivity index (χ3n) is 3.48. The Balaban J connectivity index is 2.00. The summed E-state index contributed by atoms with van der Waals surface area (Å²) in [5, 5.41) is 8.98. The normalized spacial score (nSPS) is 11.1. The Bertz CT molecular complexity index is 897. The second-order valence-corrected chi connectivity index (χ2v) is 7.37. The average Bonchev–Trinajstić information content (AvgIpc) is 2.60. The molecule has 0 aliphatic heterocycles. The first-order valence-electron chi connectivity index (χ1n) is 7.63. The maximum absolute atomic E-state index is 12.2. The molecule has 0 aromatic heterocycles. The van der Waals surface area contributed by atoms with Gasteiger partial charge < -0.3 is 4.74 Å². The number of benzene rings is 2. The summed E-state index contributed by atoms with van der Waals surface area (Å²) >= 11 is 0. The van der Waals surface area contributed by atoms with E-state index in [0.29, 0.717) is 11.7 Å². The maximum atomic E-state index is 12.2. The molecule has 0 radical (unpaired) electrons. The van der Waals surface area contributed by atoms with Gasteiger partial charge in [0.25, 0.3) is 0 Å². The van der Waals surface area contributed by atoms with Gasteiger partial charge in [0.15, 0.2) is 0 Å². The SMILES string of the molecule is CC(C)c1ccc(OC(=O)CNS(=O)(=O)c2ccccc2C#N)cc1. The zero-order valence-electron chi connectivity index (χ0n) is 13.9. The van der Waals surface area contributed by atoms with E-state index in [9.17, 15) is 13.2 Å². The summed E-state index contributed by atoms with van der Waals surface area (Å²) in [5.41, 5.74) is 1.11. The molecule has 0 atom stereocenters. The average molecular weight is 358 g/mol. The first-order valence-corrected chi connectivity index (χ1v) is 9.11. The van der Waals surface area contributed by atoms with E-state index < -0.39 is 22.5 Å². The fourth-order valence-corrected chi connectivity index (χ4v) is 3.24. The lowest BCUT2D eigenvalue weighted by Crippen LogP contribution is -2.32. The molecule has 0 saturated heterocycles. The number of nitrogens with one attached hydrogen (secondary N) is 1. The first-order chi connectivity index (χ1) is 11.8. The van der Waals surface area contributed by atoms with E-state index >= 15 is 0 Å². The molecule has 0 aliphatic carbocycles. The van der Waals surface area contributed by atoms with E-state index in [2.05, 4.69) is 18.6 Å². The van der Waals surface area contributed by atoms with Gasteiger partial charge in [-0.15, -0.1) is 0 Å². The van der Waals surface area contributed by atoms with Crippen LogP contribution >= 0.6 is 0 Å². The van der Waals surface area contributed by atoms with Crippen molar-refractivity contribution in [2.24, 2.45) is 0 Å². The molecule has 1 N–H and O–H groups in total. The first kappa shape index (κ1) is 18.6. The molecule has 0 aliphatic rings. The molecule has 6 nitrogen and oxygen atoms in total. The molecule has 7 heteroatoms. The van der Waals surface area contributed by atoms with Gasteiger partial charge in [-0.05, 0) is 35.7 Å². The number of hydrogen-bond donors (Lipinski definition) is 1. The Morgan fingerprint density at radius 2 is 1.80 bits per heavy atom. The Morgan fingerprint density at radius 3 is 2.40 bits per heavy atom. The highest BCUT2D eigenvalue weighted by atomic mass is 32.2. The van der Waals surface area contributed by atoms with Crippen LogP contribution in [0.3, 0.4) is 0 Å². The molecule has 0 fully saturated rings. The number of rotatable bonds is 6. The highest BCUT2D eigenvalue weighted by molar-refractivity contribution is 7.89. The predicted molar refractivity (Wildman–Crippen MR) is 92.5 cm³/mol. The van der Waals surface area contributed by atoms with Crippen LogP contribution in [0.4, 0.5) is 0 Å². The van der Waals surface area contributed by atoms with Gasteiger partial charge in [0.05, 0.1) is 10.5 Å². The Kier molecular flexibility index (Phi) is 5.91. The van der Waals surface area contributed by atoms with Gasteiger partial charge in [0.2, 0.25) is 10.0 Å². The number of carbonyl (C=O) groups is 1. The van der Waals surface area contributed by atoms with Gasteiger partial charge in [-0.3, -0.25) is 4.79 Å². The summed E-state index contributed by atoms with van der Waals surface area (Å²) in [4.78, 5) is 11.7. The topological polar surface area (TPSA) is 96.3 Å². The molecule has 0 heterocycles. The fraction of sp³-hybridized carbons (Fsp3) is 0.222. The lowest BCUT2D eigenvalue weighted by atomic mass is 10.0. The van der Waals surface area contributed by atoms with E-state index in [-0.39, 0.29) is 10.5 Å². The minimum atomic E-state index is -3.98. The highest BCUT2D eigenvalue weighted by Gasteiger charge is 2.19. The van der Waals surface area contributed by atoms with Crippen LogP contribution in [-0.2, 0) is 14.8 Å². The van der Waals surface area contributed by atoms with Crippen molar-refractivity contribution < 1.29 is 17.9 Å². The van der Waals surface area contributed by atoms with Crippen LogP contribution in [0.5, 0.6) is 5.75 Å². The molecule has 0 unspecified atom stereocenters. The van der Waals surface area contributed by atoms with Gasteiger partial charge in [0.1, 0.15) is 18.4 Å². The van der Waals surface area contributed by atoms with Gasteiger partial charge >= 0.3 is 5.97 Å². The third-order valence-corrected chi connectivity index (χ3v) is 4.94. The van der Waals surface area contributed by atoms with Gasteiger partial charge in [-0.1, -0.05) is 38.1 Å². The highest BCUT2D eigenvalue weighted by Crippen LogP contribution is 2.19.